The van der Waals surface area contributed by atoms with Gasteiger partial charge in [0.15, 0.2) is 0 Å². The van der Waals surface area contributed by atoms with Crippen molar-refractivity contribution in [2.45, 2.75) is 31.3 Å². The normalized spacial score (nSPS) is 26.9. The second-order valence-electron chi connectivity index (χ2n) is 4.75. The molecule has 3 heteroatoms. The van der Waals surface area contributed by atoms with E-state index >= 15 is 0 Å². The quantitative estimate of drug-likeness (QED) is 0.826. The molecule has 0 bridgehead atoms. The lowest BCUT2D eigenvalue weighted by atomic mass is 9.93. The molecule has 2 unspecified atom stereocenters. The minimum absolute atomic E-state index is 0.169. The first-order chi connectivity index (χ1) is 7.65. The van der Waals surface area contributed by atoms with Gasteiger partial charge in [0.2, 0.25) is 0 Å². The Balaban J connectivity index is 2.00. The largest absolute Gasteiger partial charge is 0.328 e. The van der Waals surface area contributed by atoms with Crippen LogP contribution in [0.3, 0.4) is 0 Å². The van der Waals surface area contributed by atoms with E-state index in [1.807, 2.05) is 12.1 Å². The molecule has 0 radical (unpaired) electrons. The van der Waals surface area contributed by atoms with Crippen molar-refractivity contribution in [1.29, 1.82) is 0 Å². The average molecular weight is 222 g/mol. The number of likely N-dealkylation sites (N-methyl/N-ethyl adjacent to an activating group) is 1. The molecule has 1 heterocycles. The van der Waals surface area contributed by atoms with Crippen molar-refractivity contribution >= 4 is 0 Å². The fourth-order valence-corrected chi connectivity index (χ4v) is 2.33. The Morgan fingerprint density at radius 2 is 2.06 bits per heavy atom. The third-order valence-corrected chi connectivity index (χ3v) is 3.44. The van der Waals surface area contributed by atoms with Gasteiger partial charge in [-0.25, -0.2) is 4.39 Å². The molecule has 1 aromatic carbocycles. The van der Waals surface area contributed by atoms with E-state index in [9.17, 15) is 4.39 Å². The number of hydrogen-bond acceptors (Lipinski definition) is 2. The van der Waals surface area contributed by atoms with Gasteiger partial charge in [-0.1, -0.05) is 12.1 Å². The topological polar surface area (TPSA) is 29.3 Å². The van der Waals surface area contributed by atoms with Crippen molar-refractivity contribution in [3.05, 3.63) is 35.6 Å². The number of nitrogens with zero attached hydrogens (tertiary/aromatic N) is 1. The maximum atomic E-state index is 12.8. The maximum absolute atomic E-state index is 12.8. The first kappa shape index (κ1) is 11.6. The molecule has 1 aliphatic rings. The smallest absolute Gasteiger partial charge is 0.123 e. The Morgan fingerprint density at radius 3 is 2.75 bits per heavy atom. The van der Waals surface area contributed by atoms with Crippen molar-refractivity contribution in [3.63, 3.8) is 0 Å². The second kappa shape index (κ2) is 4.93. The summed E-state index contributed by atoms with van der Waals surface area (Å²) in [5.74, 6) is -0.169. The first-order valence-corrected chi connectivity index (χ1v) is 5.85. The molecular weight excluding hydrogens is 203 g/mol. The third kappa shape index (κ3) is 2.80. The van der Waals surface area contributed by atoms with Crippen LogP contribution in [0.4, 0.5) is 4.39 Å². The molecule has 88 valence electrons. The molecule has 0 saturated carbocycles. The van der Waals surface area contributed by atoms with Crippen LogP contribution in [-0.2, 0) is 6.42 Å². The van der Waals surface area contributed by atoms with Crippen LogP contribution in [0.25, 0.3) is 0 Å². The van der Waals surface area contributed by atoms with Gasteiger partial charge in [-0.2, -0.15) is 0 Å². The highest BCUT2D eigenvalue weighted by molar-refractivity contribution is 5.17. The summed E-state index contributed by atoms with van der Waals surface area (Å²) < 4.78 is 12.8. The number of piperidine rings is 1. The molecule has 2 N–H and O–H groups in total. The SMILES string of the molecule is CN1CCC(N)CC1Cc1ccc(F)cc1. The monoisotopic (exact) mass is 222 g/mol. The molecule has 0 aliphatic carbocycles. The van der Waals surface area contributed by atoms with E-state index in [1.54, 1.807) is 0 Å². The summed E-state index contributed by atoms with van der Waals surface area (Å²) in [6, 6.07) is 7.60. The van der Waals surface area contributed by atoms with Crippen LogP contribution >= 0.6 is 0 Å². The molecule has 0 aromatic heterocycles. The van der Waals surface area contributed by atoms with Crippen LogP contribution in [0.5, 0.6) is 0 Å². The maximum Gasteiger partial charge on any atom is 0.123 e. The Kier molecular flexibility index (Phi) is 3.56. The van der Waals surface area contributed by atoms with Crippen LogP contribution < -0.4 is 5.73 Å². The summed E-state index contributed by atoms with van der Waals surface area (Å²) in [5, 5.41) is 0. The van der Waals surface area contributed by atoms with Gasteiger partial charge in [0, 0.05) is 12.1 Å². The molecule has 16 heavy (non-hydrogen) atoms. The van der Waals surface area contributed by atoms with Crippen LogP contribution in [0.15, 0.2) is 24.3 Å². The minimum Gasteiger partial charge on any atom is -0.328 e. The highest BCUT2D eigenvalue weighted by atomic mass is 19.1. The summed E-state index contributed by atoms with van der Waals surface area (Å²) in [5.41, 5.74) is 7.17. The Hall–Kier alpha value is -0.930. The Labute approximate surface area is 96.2 Å². The van der Waals surface area contributed by atoms with Gasteiger partial charge in [0.1, 0.15) is 5.82 Å². The van der Waals surface area contributed by atoms with Crippen molar-refractivity contribution < 1.29 is 4.39 Å². The van der Waals surface area contributed by atoms with Crippen LogP contribution in [0.1, 0.15) is 18.4 Å². The first-order valence-electron chi connectivity index (χ1n) is 5.85. The summed E-state index contributed by atoms with van der Waals surface area (Å²) in [4.78, 5) is 2.35. The molecule has 1 aliphatic heterocycles. The molecule has 2 rings (SSSR count). The average Bonchev–Trinajstić information content (AvgIpc) is 2.27. The highest BCUT2D eigenvalue weighted by Crippen LogP contribution is 2.18. The molecule has 1 fully saturated rings. The van der Waals surface area contributed by atoms with E-state index in [0.717, 1.165) is 25.8 Å². The number of hydrogen-bond donors (Lipinski definition) is 1. The number of likely N-dealkylation sites (tertiary alicyclic amines) is 1. The number of rotatable bonds is 2. The van der Waals surface area contributed by atoms with E-state index in [-0.39, 0.29) is 5.82 Å². The molecule has 0 amide bonds. The number of halogens is 1. The lowest BCUT2D eigenvalue weighted by Crippen LogP contribution is -2.45. The highest BCUT2D eigenvalue weighted by Gasteiger charge is 2.23. The van der Waals surface area contributed by atoms with Gasteiger partial charge in [-0.3, -0.25) is 0 Å². The minimum atomic E-state index is -0.169. The van der Waals surface area contributed by atoms with E-state index in [0.29, 0.717) is 12.1 Å². The molecule has 1 aromatic rings. The van der Waals surface area contributed by atoms with E-state index in [1.165, 1.54) is 17.7 Å². The number of benzene rings is 1. The van der Waals surface area contributed by atoms with Gasteiger partial charge >= 0.3 is 0 Å². The molecule has 0 spiro atoms. The van der Waals surface area contributed by atoms with Crippen molar-refractivity contribution in [1.82, 2.24) is 4.90 Å². The van der Waals surface area contributed by atoms with Crippen molar-refractivity contribution in [3.8, 4) is 0 Å². The molecule has 2 atom stereocenters. The summed E-state index contributed by atoms with van der Waals surface area (Å²) in [6.45, 7) is 1.06. The zero-order valence-electron chi connectivity index (χ0n) is 9.70. The van der Waals surface area contributed by atoms with Gasteiger partial charge in [-0.05, 0) is 50.6 Å². The fraction of sp³-hybridized carbons (Fsp3) is 0.538. The number of nitrogens with two attached hydrogens (primary N) is 1. The lowest BCUT2D eigenvalue weighted by Gasteiger charge is -2.35. The zero-order chi connectivity index (χ0) is 11.5. The van der Waals surface area contributed by atoms with Crippen LogP contribution in [0, 0.1) is 5.82 Å². The van der Waals surface area contributed by atoms with Gasteiger partial charge < -0.3 is 10.6 Å². The van der Waals surface area contributed by atoms with Gasteiger partial charge in [-0.15, -0.1) is 0 Å². The van der Waals surface area contributed by atoms with Gasteiger partial charge in [0.05, 0.1) is 0 Å². The lowest BCUT2D eigenvalue weighted by molar-refractivity contribution is 0.169. The van der Waals surface area contributed by atoms with Crippen LogP contribution in [-0.4, -0.2) is 30.6 Å². The predicted molar refractivity (Wildman–Crippen MR) is 63.7 cm³/mol. The summed E-state index contributed by atoms with van der Waals surface area (Å²) in [7, 11) is 2.14. The van der Waals surface area contributed by atoms with Crippen molar-refractivity contribution in [2.24, 2.45) is 5.73 Å². The van der Waals surface area contributed by atoms with E-state index in [2.05, 4.69) is 11.9 Å². The van der Waals surface area contributed by atoms with E-state index < -0.39 is 0 Å². The second-order valence-corrected chi connectivity index (χ2v) is 4.75. The van der Waals surface area contributed by atoms with Gasteiger partial charge in [0.25, 0.3) is 0 Å². The van der Waals surface area contributed by atoms with Crippen molar-refractivity contribution in [2.75, 3.05) is 13.6 Å². The standard InChI is InChI=1S/C13H19FN2/c1-16-7-6-12(15)9-13(16)8-10-2-4-11(14)5-3-10/h2-5,12-13H,6-9,15H2,1H3. The summed E-state index contributed by atoms with van der Waals surface area (Å²) in [6.07, 6.45) is 3.08. The Bertz CT molecular complexity index is 336. The zero-order valence-corrected chi connectivity index (χ0v) is 9.70. The third-order valence-electron chi connectivity index (χ3n) is 3.44. The fourth-order valence-electron chi connectivity index (χ4n) is 2.33. The molecule has 2 nitrogen and oxygen atoms in total. The predicted octanol–water partition coefficient (Wildman–Crippen LogP) is 1.79. The molecular formula is C13H19FN2. The molecule has 1 saturated heterocycles. The van der Waals surface area contributed by atoms with Crippen LogP contribution in [0.2, 0.25) is 0 Å². The summed E-state index contributed by atoms with van der Waals surface area (Å²) >= 11 is 0. The Morgan fingerprint density at radius 1 is 1.38 bits per heavy atom. The van der Waals surface area contributed by atoms with E-state index in [4.69, 9.17) is 5.73 Å².